The number of nitrogens with zero attached hydrogens (tertiary/aromatic N) is 3. The molecule has 1 aromatic carbocycles. The highest BCUT2D eigenvalue weighted by atomic mass is 35.5. The average molecular weight is 316 g/mol. The quantitative estimate of drug-likeness (QED) is 0.685. The third-order valence-electron chi connectivity index (χ3n) is 3.42. The molecule has 6 heteroatoms. The molecule has 3 rings (SSSR count). The van der Waals surface area contributed by atoms with Crippen molar-refractivity contribution in [2.24, 2.45) is 0 Å². The minimum atomic E-state index is 0.410. The Morgan fingerprint density at radius 1 is 1.18 bits per heavy atom. The Bertz CT molecular complexity index is 776. The second-order valence-electron chi connectivity index (χ2n) is 5.32. The van der Waals surface area contributed by atoms with Crippen LogP contribution in [0.5, 0.6) is 0 Å². The Hall–Kier alpha value is -2.14. The Balaban J connectivity index is 1.85. The molecule has 2 heterocycles. The maximum absolute atomic E-state index is 5.94. The zero-order valence-electron chi connectivity index (χ0n) is 12.7. The summed E-state index contributed by atoms with van der Waals surface area (Å²) in [6, 6.07) is 8.02. The molecule has 0 saturated heterocycles. The molecule has 3 aromatic rings. The first-order chi connectivity index (χ1) is 10.6. The molecule has 0 saturated carbocycles. The normalized spacial score (nSPS) is 11.0. The van der Waals surface area contributed by atoms with Gasteiger partial charge in [-0.15, -0.1) is 0 Å². The number of rotatable bonds is 5. The van der Waals surface area contributed by atoms with E-state index in [1.807, 2.05) is 13.0 Å². The maximum atomic E-state index is 5.94. The summed E-state index contributed by atoms with van der Waals surface area (Å²) in [5, 5.41) is 3.47. The second-order valence-corrected chi connectivity index (χ2v) is 5.71. The maximum Gasteiger partial charge on any atom is 0.231 e. The summed E-state index contributed by atoms with van der Waals surface area (Å²) in [4.78, 5) is 16.2. The number of nitrogens with one attached hydrogen (secondary N) is 2. The largest absolute Gasteiger partial charge is 0.324 e. The van der Waals surface area contributed by atoms with Gasteiger partial charge in [-0.3, -0.25) is 5.32 Å². The molecule has 2 N–H and O–H groups in total. The number of aryl methyl sites for hydroxylation is 2. The van der Waals surface area contributed by atoms with E-state index in [1.54, 1.807) is 6.07 Å². The number of fused-ring (bicyclic) bond motifs is 1. The SMILES string of the molecule is CCCCc1ccc2nc(Nc3nc(C)cc(Cl)n3)[nH]c2c1. The Labute approximate surface area is 134 Å². The summed E-state index contributed by atoms with van der Waals surface area (Å²) < 4.78 is 0. The van der Waals surface area contributed by atoms with E-state index in [0.717, 1.165) is 23.1 Å². The predicted molar refractivity (Wildman–Crippen MR) is 89.8 cm³/mol. The predicted octanol–water partition coefficient (Wildman–Crippen LogP) is 4.40. The average Bonchev–Trinajstić information content (AvgIpc) is 2.85. The number of aromatic nitrogens is 4. The number of benzene rings is 1. The molecule has 22 heavy (non-hydrogen) atoms. The molecule has 0 unspecified atom stereocenters. The lowest BCUT2D eigenvalue weighted by Gasteiger charge is -2.02. The smallest absolute Gasteiger partial charge is 0.231 e. The van der Waals surface area contributed by atoms with Crippen LogP contribution in [-0.4, -0.2) is 19.9 Å². The molecule has 0 atom stereocenters. The molecule has 0 bridgehead atoms. The van der Waals surface area contributed by atoms with Gasteiger partial charge in [0, 0.05) is 5.69 Å². The molecule has 0 aliphatic heterocycles. The van der Waals surface area contributed by atoms with E-state index in [1.165, 1.54) is 18.4 Å². The van der Waals surface area contributed by atoms with Crippen molar-refractivity contribution >= 4 is 34.5 Å². The van der Waals surface area contributed by atoms with E-state index in [2.05, 4.69) is 44.3 Å². The van der Waals surface area contributed by atoms with E-state index >= 15 is 0 Å². The Kier molecular flexibility index (Phi) is 4.24. The summed E-state index contributed by atoms with van der Waals surface area (Å²) in [7, 11) is 0. The van der Waals surface area contributed by atoms with Gasteiger partial charge < -0.3 is 4.98 Å². The molecule has 0 aliphatic rings. The number of hydrogen-bond acceptors (Lipinski definition) is 4. The fraction of sp³-hybridized carbons (Fsp3) is 0.312. The molecule has 0 amide bonds. The molecule has 0 spiro atoms. The van der Waals surface area contributed by atoms with Crippen molar-refractivity contribution in [1.82, 2.24) is 19.9 Å². The standard InChI is InChI=1S/C16H18ClN5/c1-3-4-5-11-6-7-12-13(9-11)20-16(19-12)22-15-18-10(2)8-14(17)21-15/h6-9H,3-5H2,1-2H3,(H2,18,19,20,21,22). The van der Waals surface area contributed by atoms with Crippen molar-refractivity contribution in [3.8, 4) is 0 Å². The van der Waals surface area contributed by atoms with Crippen LogP contribution in [0.25, 0.3) is 11.0 Å². The highest BCUT2D eigenvalue weighted by Gasteiger charge is 2.06. The fourth-order valence-electron chi connectivity index (χ4n) is 2.34. The summed E-state index contributed by atoms with van der Waals surface area (Å²) in [5.74, 6) is 1.06. The van der Waals surface area contributed by atoms with Gasteiger partial charge in [0.15, 0.2) is 0 Å². The third-order valence-corrected chi connectivity index (χ3v) is 3.61. The van der Waals surface area contributed by atoms with Gasteiger partial charge in [-0.25, -0.2) is 15.0 Å². The van der Waals surface area contributed by atoms with Crippen molar-refractivity contribution < 1.29 is 0 Å². The lowest BCUT2D eigenvalue weighted by Crippen LogP contribution is -1.99. The van der Waals surface area contributed by atoms with Crippen LogP contribution in [0.2, 0.25) is 5.15 Å². The highest BCUT2D eigenvalue weighted by Crippen LogP contribution is 2.20. The zero-order chi connectivity index (χ0) is 15.5. The van der Waals surface area contributed by atoms with Gasteiger partial charge in [0.05, 0.1) is 11.0 Å². The first-order valence-corrected chi connectivity index (χ1v) is 7.78. The van der Waals surface area contributed by atoms with Crippen molar-refractivity contribution in [3.05, 3.63) is 40.7 Å². The van der Waals surface area contributed by atoms with Crippen LogP contribution in [0.4, 0.5) is 11.9 Å². The lowest BCUT2D eigenvalue weighted by molar-refractivity contribution is 0.796. The van der Waals surface area contributed by atoms with E-state index in [0.29, 0.717) is 17.0 Å². The second kappa shape index (κ2) is 6.32. The van der Waals surface area contributed by atoms with E-state index in [-0.39, 0.29) is 0 Å². The van der Waals surface area contributed by atoms with Gasteiger partial charge in [0.1, 0.15) is 5.15 Å². The molecule has 2 aromatic heterocycles. The number of H-pyrrole nitrogens is 1. The first kappa shape index (κ1) is 14.8. The summed E-state index contributed by atoms with van der Waals surface area (Å²) in [6.45, 7) is 4.07. The molecule has 5 nitrogen and oxygen atoms in total. The summed E-state index contributed by atoms with van der Waals surface area (Å²) in [6.07, 6.45) is 3.48. The minimum Gasteiger partial charge on any atom is -0.324 e. The van der Waals surface area contributed by atoms with Crippen molar-refractivity contribution in [2.75, 3.05) is 5.32 Å². The van der Waals surface area contributed by atoms with Gasteiger partial charge in [-0.1, -0.05) is 31.0 Å². The number of unbranched alkanes of at least 4 members (excludes halogenated alkanes) is 1. The Morgan fingerprint density at radius 3 is 2.82 bits per heavy atom. The topological polar surface area (TPSA) is 66.5 Å². The van der Waals surface area contributed by atoms with E-state index < -0.39 is 0 Å². The molecular weight excluding hydrogens is 298 g/mol. The van der Waals surface area contributed by atoms with E-state index in [9.17, 15) is 0 Å². The first-order valence-electron chi connectivity index (χ1n) is 7.41. The van der Waals surface area contributed by atoms with Crippen LogP contribution in [0, 0.1) is 6.92 Å². The van der Waals surface area contributed by atoms with Crippen molar-refractivity contribution in [2.45, 2.75) is 33.1 Å². The van der Waals surface area contributed by atoms with Gasteiger partial charge in [-0.2, -0.15) is 0 Å². The minimum absolute atomic E-state index is 0.410. The fourth-order valence-corrected chi connectivity index (χ4v) is 2.58. The van der Waals surface area contributed by atoms with Gasteiger partial charge in [-0.05, 0) is 43.5 Å². The van der Waals surface area contributed by atoms with Crippen molar-refractivity contribution in [3.63, 3.8) is 0 Å². The summed E-state index contributed by atoms with van der Waals surface area (Å²) >= 11 is 5.94. The highest BCUT2D eigenvalue weighted by molar-refractivity contribution is 6.29. The van der Waals surface area contributed by atoms with Crippen LogP contribution in [0.1, 0.15) is 31.0 Å². The lowest BCUT2D eigenvalue weighted by atomic mass is 10.1. The molecule has 0 fully saturated rings. The molecule has 114 valence electrons. The van der Waals surface area contributed by atoms with Crippen LogP contribution in [-0.2, 0) is 6.42 Å². The summed E-state index contributed by atoms with van der Waals surface area (Å²) in [5.41, 5.74) is 4.05. The van der Waals surface area contributed by atoms with Gasteiger partial charge in [0.2, 0.25) is 11.9 Å². The monoisotopic (exact) mass is 315 g/mol. The number of halogens is 1. The molecule has 0 radical (unpaired) electrons. The zero-order valence-corrected chi connectivity index (χ0v) is 13.4. The van der Waals surface area contributed by atoms with Crippen LogP contribution in [0.3, 0.4) is 0 Å². The van der Waals surface area contributed by atoms with Gasteiger partial charge in [0.25, 0.3) is 0 Å². The van der Waals surface area contributed by atoms with E-state index in [4.69, 9.17) is 11.6 Å². The van der Waals surface area contributed by atoms with Crippen molar-refractivity contribution in [1.29, 1.82) is 0 Å². The number of imidazole rings is 1. The number of aromatic amines is 1. The van der Waals surface area contributed by atoms with Gasteiger partial charge >= 0.3 is 0 Å². The Morgan fingerprint density at radius 2 is 2.05 bits per heavy atom. The van der Waals surface area contributed by atoms with Crippen LogP contribution >= 0.6 is 11.6 Å². The molecule has 0 aliphatic carbocycles. The third kappa shape index (κ3) is 3.36. The number of hydrogen-bond donors (Lipinski definition) is 2. The van der Waals surface area contributed by atoms with Crippen LogP contribution in [0.15, 0.2) is 24.3 Å². The number of anilines is 2. The van der Waals surface area contributed by atoms with Crippen LogP contribution < -0.4 is 5.32 Å². The molecular formula is C16H18ClN5.